The van der Waals surface area contributed by atoms with Gasteiger partial charge in [0.15, 0.2) is 11.2 Å². The summed E-state index contributed by atoms with van der Waals surface area (Å²) in [5.41, 5.74) is 0.625. The number of halogens is 2. The van der Waals surface area contributed by atoms with Gasteiger partial charge in [-0.1, -0.05) is 6.92 Å². The highest BCUT2D eigenvalue weighted by molar-refractivity contribution is 5.84. The molecule has 1 aliphatic rings. The third kappa shape index (κ3) is 2.69. The van der Waals surface area contributed by atoms with Gasteiger partial charge in [0.1, 0.15) is 11.5 Å². The number of nitrogens with zero attached hydrogens (tertiary/aromatic N) is 2. The molecule has 1 saturated heterocycles. The number of aromatic nitrogens is 1. The fourth-order valence-electron chi connectivity index (χ4n) is 3.58. The summed E-state index contributed by atoms with van der Waals surface area (Å²) >= 11 is 0. The highest BCUT2D eigenvalue weighted by Gasteiger charge is 2.26. The summed E-state index contributed by atoms with van der Waals surface area (Å²) in [7, 11) is 0. The molecule has 0 spiro atoms. The molecule has 0 radical (unpaired) electrons. The van der Waals surface area contributed by atoms with E-state index < -0.39 is 11.6 Å². The first kappa shape index (κ1) is 16.9. The van der Waals surface area contributed by atoms with E-state index in [9.17, 15) is 9.18 Å². The minimum absolute atomic E-state index is 0.0225. The normalized spacial score (nSPS) is 18.4. The van der Waals surface area contributed by atoms with Crippen molar-refractivity contribution in [2.45, 2.75) is 39.8 Å². The largest absolute Gasteiger partial charge is 0.364 e. The maximum atomic E-state index is 15.3. The summed E-state index contributed by atoms with van der Waals surface area (Å²) in [6.07, 6.45) is 0.621. The second kappa shape index (κ2) is 6.51. The fourth-order valence-corrected chi connectivity index (χ4v) is 3.58. The van der Waals surface area contributed by atoms with Crippen molar-refractivity contribution in [3.8, 4) is 0 Å². The second-order valence-corrected chi connectivity index (χ2v) is 6.32. The minimum Gasteiger partial charge on any atom is -0.364 e. The average Bonchev–Trinajstić information content (AvgIpc) is 2.55. The van der Waals surface area contributed by atoms with Gasteiger partial charge in [0.2, 0.25) is 0 Å². The van der Waals surface area contributed by atoms with Crippen molar-refractivity contribution in [3.05, 3.63) is 39.7 Å². The second-order valence-electron chi connectivity index (χ2n) is 6.32. The monoisotopic (exact) mass is 335 g/mol. The summed E-state index contributed by atoms with van der Waals surface area (Å²) in [5.74, 6) is -1.30. The standard InChI is InChI=1S/C18H23F2N3O/c1-4-12-8-15(24)13-9-14(19)18(16(20)17(13)23(12)5-2)22-7-6-21-11(3)10-22/h8-9,11,21H,4-7,10H2,1-3H3. The van der Waals surface area contributed by atoms with E-state index in [-0.39, 0.29) is 28.1 Å². The summed E-state index contributed by atoms with van der Waals surface area (Å²) in [4.78, 5) is 14.0. The molecule has 0 bridgehead atoms. The van der Waals surface area contributed by atoms with Gasteiger partial charge in [0.25, 0.3) is 0 Å². The van der Waals surface area contributed by atoms with Gasteiger partial charge >= 0.3 is 0 Å². The van der Waals surface area contributed by atoms with E-state index in [1.807, 2.05) is 20.8 Å². The lowest BCUT2D eigenvalue weighted by molar-refractivity contribution is 0.470. The summed E-state index contributed by atoms with van der Waals surface area (Å²) in [5, 5.41) is 3.37. The van der Waals surface area contributed by atoms with Gasteiger partial charge in [0, 0.05) is 44.0 Å². The molecule has 2 heterocycles. The molecule has 130 valence electrons. The molecule has 4 nitrogen and oxygen atoms in total. The average molecular weight is 335 g/mol. The van der Waals surface area contributed by atoms with Gasteiger partial charge in [-0.05, 0) is 26.3 Å². The van der Waals surface area contributed by atoms with Crippen molar-refractivity contribution in [2.24, 2.45) is 0 Å². The van der Waals surface area contributed by atoms with Crippen LogP contribution in [-0.4, -0.2) is 30.2 Å². The molecule has 1 aliphatic heterocycles. The Morgan fingerprint density at radius 3 is 2.67 bits per heavy atom. The van der Waals surface area contributed by atoms with Crippen molar-refractivity contribution in [1.82, 2.24) is 9.88 Å². The minimum atomic E-state index is -0.668. The zero-order valence-corrected chi connectivity index (χ0v) is 14.3. The van der Waals surface area contributed by atoms with Crippen LogP contribution < -0.4 is 15.6 Å². The molecule has 24 heavy (non-hydrogen) atoms. The number of hydrogen-bond donors (Lipinski definition) is 1. The molecule has 1 N–H and O–H groups in total. The van der Waals surface area contributed by atoms with Gasteiger partial charge < -0.3 is 14.8 Å². The van der Waals surface area contributed by atoms with Crippen LogP contribution in [0.25, 0.3) is 10.9 Å². The lowest BCUT2D eigenvalue weighted by Crippen LogP contribution is -2.49. The highest BCUT2D eigenvalue weighted by Crippen LogP contribution is 2.31. The maximum absolute atomic E-state index is 15.3. The first-order valence-corrected chi connectivity index (χ1v) is 8.50. The number of fused-ring (bicyclic) bond motifs is 1. The van der Waals surface area contributed by atoms with Gasteiger partial charge in [-0.3, -0.25) is 4.79 Å². The van der Waals surface area contributed by atoms with Crippen LogP contribution in [0.4, 0.5) is 14.5 Å². The summed E-state index contributed by atoms with van der Waals surface area (Å²) < 4.78 is 31.7. The van der Waals surface area contributed by atoms with E-state index in [1.165, 1.54) is 12.1 Å². The van der Waals surface area contributed by atoms with Crippen LogP contribution >= 0.6 is 0 Å². The molecule has 0 saturated carbocycles. The Morgan fingerprint density at radius 1 is 1.29 bits per heavy atom. The highest BCUT2D eigenvalue weighted by atomic mass is 19.1. The van der Waals surface area contributed by atoms with Crippen LogP contribution in [0.15, 0.2) is 16.9 Å². The Hall–Kier alpha value is -1.95. The molecule has 1 unspecified atom stereocenters. The van der Waals surface area contributed by atoms with Gasteiger partial charge in [0.05, 0.1) is 10.9 Å². The molecule has 1 aromatic carbocycles. The summed E-state index contributed by atoms with van der Waals surface area (Å²) in [6, 6.07) is 2.83. The lowest BCUT2D eigenvalue weighted by Gasteiger charge is -2.34. The molecule has 6 heteroatoms. The first-order chi connectivity index (χ1) is 11.5. The molecular formula is C18H23F2N3O. The third-order valence-electron chi connectivity index (χ3n) is 4.71. The third-order valence-corrected chi connectivity index (χ3v) is 4.71. The Labute approximate surface area is 140 Å². The maximum Gasteiger partial charge on any atom is 0.189 e. The number of anilines is 1. The van der Waals surface area contributed by atoms with Crippen molar-refractivity contribution in [3.63, 3.8) is 0 Å². The first-order valence-electron chi connectivity index (χ1n) is 8.50. The van der Waals surface area contributed by atoms with Crippen molar-refractivity contribution >= 4 is 16.6 Å². The quantitative estimate of drug-likeness (QED) is 0.937. The van der Waals surface area contributed by atoms with Crippen LogP contribution in [0.1, 0.15) is 26.5 Å². The zero-order chi connectivity index (χ0) is 17.4. The molecule has 1 atom stereocenters. The van der Waals surface area contributed by atoms with Crippen molar-refractivity contribution < 1.29 is 8.78 Å². The molecule has 1 fully saturated rings. The zero-order valence-electron chi connectivity index (χ0n) is 14.3. The molecule has 3 rings (SSSR count). The van der Waals surface area contributed by atoms with Crippen molar-refractivity contribution in [1.29, 1.82) is 0 Å². The predicted octanol–water partition coefficient (Wildman–Crippen LogP) is 2.66. The van der Waals surface area contributed by atoms with Crippen molar-refractivity contribution in [2.75, 3.05) is 24.5 Å². The molecular weight excluding hydrogens is 312 g/mol. The van der Waals surface area contributed by atoms with Crippen LogP contribution in [0, 0.1) is 11.6 Å². The van der Waals surface area contributed by atoms with E-state index in [0.29, 0.717) is 32.6 Å². The van der Waals surface area contributed by atoms with E-state index >= 15 is 4.39 Å². The van der Waals surface area contributed by atoms with E-state index in [2.05, 4.69) is 5.32 Å². The van der Waals surface area contributed by atoms with Crippen LogP contribution in [-0.2, 0) is 13.0 Å². The van der Waals surface area contributed by atoms with Gasteiger partial charge in [-0.15, -0.1) is 0 Å². The number of benzene rings is 1. The van der Waals surface area contributed by atoms with Gasteiger partial charge in [-0.25, -0.2) is 8.78 Å². The number of rotatable bonds is 3. The number of piperazine rings is 1. The lowest BCUT2D eigenvalue weighted by atomic mass is 10.1. The van der Waals surface area contributed by atoms with Crippen LogP contribution in [0.2, 0.25) is 0 Å². The molecule has 0 aliphatic carbocycles. The molecule has 2 aromatic rings. The number of hydrogen-bond acceptors (Lipinski definition) is 3. The molecule has 1 aromatic heterocycles. The smallest absolute Gasteiger partial charge is 0.189 e. The topological polar surface area (TPSA) is 37.3 Å². The number of nitrogens with one attached hydrogen (secondary N) is 1. The predicted molar refractivity (Wildman–Crippen MR) is 92.9 cm³/mol. The number of aryl methyl sites for hydroxylation is 2. The van der Waals surface area contributed by atoms with E-state index in [0.717, 1.165) is 5.69 Å². The Kier molecular flexibility index (Phi) is 4.58. The van der Waals surface area contributed by atoms with Gasteiger partial charge in [-0.2, -0.15) is 0 Å². The van der Waals surface area contributed by atoms with E-state index in [1.54, 1.807) is 9.47 Å². The Balaban J connectivity index is 2.30. The fraction of sp³-hybridized carbons (Fsp3) is 0.500. The summed E-state index contributed by atoms with van der Waals surface area (Å²) in [6.45, 7) is 8.08. The Bertz CT molecular complexity index is 831. The van der Waals surface area contributed by atoms with Crippen LogP contribution in [0.3, 0.4) is 0 Å². The van der Waals surface area contributed by atoms with Crippen LogP contribution in [0.5, 0.6) is 0 Å². The SMILES string of the molecule is CCc1cc(=O)c2cc(F)c(N3CCNC(C)C3)c(F)c2n1CC. The molecule has 0 amide bonds. The Morgan fingerprint density at radius 2 is 2.04 bits per heavy atom. The number of pyridine rings is 1. The van der Waals surface area contributed by atoms with E-state index in [4.69, 9.17) is 0 Å².